The number of rotatable bonds is 7. The molecule has 0 spiro atoms. The Balaban J connectivity index is 2.06. The van der Waals surface area contributed by atoms with Gasteiger partial charge in [-0.15, -0.1) is 0 Å². The Bertz CT molecular complexity index is 689. The van der Waals surface area contributed by atoms with Crippen LogP contribution in [-0.4, -0.2) is 32.3 Å². The van der Waals surface area contributed by atoms with E-state index >= 15 is 0 Å². The average molecular weight is 331 g/mol. The van der Waals surface area contributed by atoms with Crippen LogP contribution in [0.4, 0.5) is 5.69 Å². The number of carbonyl (C=O) groups is 1. The molecule has 24 heavy (non-hydrogen) atoms. The molecule has 2 N–H and O–H groups in total. The lowest BCUT2D eigenvalue weighted by Gasteiger charge is -2.14. The lowest BCUT2D eigenvalue weighted by atomic mass is 10.1. The predicted octanol–water partition coefficient (Wildman–Crippen LogP) is 2.99. The van der Waals surface area contributed by atoms with Crippen LogP contribution in [0.3, 0.4) is 0 Å². The first-order chi connectivity index (χ1) is 11.6. The molecule has 0 fully saturated rings. The molecule has 0 aliphatic heterocycles. The third kappa shape index (κ3) is 4.10. The maximum absolute atomic E-state index is 12.1. The molecule has 2 aromatic carbocycles. The number of amides is 1. The molecule has 6 nitrogen and oxygen atoms in total. The molecular formula is C18H21NO5. The Morgan fingerprint density at radius 1 is 1.04 bits per heavy atom. The van der Waals surface area contributed by atoms with Crippen molar-refractivity contribution in [2.75, 3.05) is 26.6 Å². The van der Waals surface area contributed by atoms with E-state index in [1.54, 1.807) is 39.5 Å². The van der Waals surface area contributed by atoms with Gasteiger partial charge in [-0.25, -0.2) is 0 Å². The van der Waals surface area contributed by atoms with Crippen LogP contribution in [0.5, 0.6) is 23.0 Å². The van der Waals surface area contributed by atoms with E-state index in [9.17, 15) is 9.90 Å². The molecule has 0 atom stereocenters. The van der Waals surface area contributed by atoms with Gasteiger partial charge < -0.3 is 24.6 Å². The van der Waals surface area contributed by atoms with Gasteiger partial charge in [-0.1, -0.05) is 12.1 Å². The lowest BCUT2D eigenvalue weighted by Crippen LogP contribution is -2.12. The maximum Gasteiger partial charge on any atom is 0.224 e. The quantitative estimate of drug-likeness (QED) is 0.763. The topological polar surface area (TPSA) is 77.0 Å². The molecule has 2 rings (SSSR count). The second kappa shape index (κ2) is 8.10. The van der Waals surface area contributed by atoms with E-state index in [0.717, 1.165) is 5.56 Å². The van der Waals surface area contributed by atoms with Crippen molar-refractivity contribution >= 4 is 11.6 Å². The smallest absolute Gasteiger partial charge is 0.224 e. The summed E-state index contributed by atoms with van der Waals surface area (Å²) in [5.74, 6) is 1.47. The molecule has 0 saturated carbocycles. The number of para-hydroxylation sites is 2. The summed E-state index contributed by atoms with van der Waals surface area (Å²) in [6.45, 7) is 0. The molecule has 0 bridgehead atoms. The second-order valence-electron chi connectivity index (χ2n) is 5.10. The van der Waals surface area contributed by atoms with Gasteiger partial charge in [0.25, 0.3) is 0 Å². The standard InChI is InChI=1S/C18H21NO5/c1-22-15-10-12(11-16(23-2)18(15)24-3)8-9-17(21)19-13-6-4-5-7-14(13)20/h4-7,10-11,20H,8-9H2,1-3H3,(H,19,21). The zero-order valence-corrected chi connectivity index (χ0v) is 14.0. The highest BCUT2D eigenvalue weighted by Crippen LogP contribution is 2.38. The van der Waals surface area contributed by atoms with Crippen molar-refractivity contribution < 1.29 is 24.1 Å². The third-order valence-electron chi connectivity index (χ3n) is 3.54. The highest BCUT2D eigenvalue weighted by Gasteiger charge is 2.14. The monoisotopic (exact) mass is 331 g/mol. The fraction of sp³-hybridized carbons (Fsp3) is 0.278. The molecule has 1 amide bonds. The molecule has 6 heteroatoms. The van der Waals surface area contributed by atoms with E-state index in [1.807, 2.05) is 12.1 Å². The normalized spacial score (nSPS) is 10.1. The molecule has 128 valence electrons. The number of benzene rings is 2. The van der Waals surface area contributed by atoms with E-state index in [0.29, 0.717) is 29.4 Å². The first-order valence-electron chi connectivity index (χ1n) is 7.45. The van der Waals surface area contributed by atoms with Crippen LogP contribution in [0.2, 0.25) is 0 Å². The zero-order chi connectivity index (χ0) is 17.5. The average Bonchev–Trinajstić information content (AvgIpc) is 2.60. The number of hydrogen-bond acceptors (Lipinski definition) is 5. The highest BCUT2D eigenvalue weighted by atomic mass is 16.5. The molecule has 0 radical (unpaired) electrons. The summed E-state index contributed by atoms with van der Waals surface area (Å²) in [4.78, 5) is 12.1. The molecule has 0 aliphatic rings. The van der Waals surface area contributed by atoms with Gasteiger partial charge in [0.1, 0.15) is 5.75 Å². The number of ether oxygens (including phenoxy) is 3. The Morgan fingerprint density at radius 3 is 2.21 bits per heavy atom. The van der Waals surface area contributed by atoms with Gasteiger partial charge in [0.05, 0.1) is 27.0 Å². The Kier molecular flexibility index (Phi) is 5.89. The van der Waals surface area contributed by atoms with Gasteiger partial charge in [0.2, 0.25) is 11.7 Å². The second-order valence-corrected chi connectivity index (χ2v) is 5.10. The van der Waals surface area contributed by atoms with Crippen LogP contribution in [0, 0.1) is 0 Å². The molecule has 0 unspecified atom stereocenters. The molecular weight excluding hydrogens is 310 g/mol. The lowest BCUT2D eigenvalue weighted by molar-refractivity contribution is -0.116. The van der Waals surface area contributed by atoms with E-state index < -0.39 is 0 Å². The van der Waals surface area contributed by atoms with Crippen molar-refractivity contribution in [2.45, 2.75) is 12.8 Å². The van der Waals surface area contributed by atoms with Gasteiger partial charge >= 0.3 is 0 Å². The Morgan fingerprint density at radius 2 is 1.67 bits per heavy atom. The summed E-state index contributed by atoms with van der Waals surface area (Å²) in [7, 11) is 4.64. The van der Waals surface area contributed by atoms with Gasteiger partial charge in [-0.2, -0.15) is 0 Å². The SMILES string of the molecule is COc1cc(CCC(=O)Nc2ccccc2O)cc(OC)c1OC. The highest BCUT2D eigenvalue weighted by molar-refractivity contribution is 5.92. The third-order valence-corrected chi connectivity index (χ3v) is 3.54. The maximum atomic E-state index is 12.1. The molecule has 0 heterocycles. The van der Waals surface area contributed by atoms with Gasteiger partial charge in [0, 0.05) is 6.42 Å². The van der Waals surface area contributed by atoms with Crippen LogP contribution in [-0.2, 0) is 11.2 Å². The fourth-order valence-corrected chi connectivity index (χ4v) is 2.33. The number of phenols is 1. The Hall–Kier alpha value is -2.89. The minimum atomic E-state index is -0.190. The van der Waals surface area contributed by atoms with Crippen LogP contribution >= 0.6 is 0 Å². The number of aromatic hydroxyl groups is 1. The molecule has 0 saturated heterocycles. The zero-order valence-electron chi connectivity index (χ0n) is 14.0. The largest absolute Gasteiger partial charge is 0.506 e. The van der Waals surface area contributed by atoms with Crippen LogP contribution in [0.15, 0.2) is 36.4 Å². The number of nitrogens with one attached hydrogen (secondary N) is 1. The van der Waals surface area contributed by atoms with Crippen LogP contribution in [0.25, 0.3) is 0 Å². The van der Waals surface area contributed by atoms with Crippen molar-refractivity contribution in [3.8, 4) is 23.0 Å². The van der Waals surface area contributed by atoms with Crippen molar-refractivity contribution in [1.82, 2.24) is 0 Å². The first-order valence-corrected chi connectivity index (χ1v) is 7.45. The molecule has 2 aromatic rings. The van der Waals surface area contributed by atoms with E-state index in [1.165, 1.54) is 6.07 Å². The summed E-state index contributed by atoms with van der Waals surface area (Å²) >= 11 is 0. The van der Waals surface area contributed by atoms with Crippen molar-refractivity contribution in [3.05, 3.63) is 42.0 Å². The van der Waals surface area contributed by atoms with E-state index in [2.05, 4.69) is 5.32 Å². The van der Waals surface area contributed by atoms with Gasteiger partial charge in [0.15, 0.2) is 11.5 Å². The fourth-order valence-electron chi connectivity index (χ4n) is 2.33. The Labute approximate surface area is 141 Å². The number of carbonyl (C=O) groups excluding carboxylic acids is 1. The number of aryl methyl sites for hydroxylation is 1. The molecule has 0 aromatic heterocycles. The minimum absolute atomic E-state index is 0.0404. The van der Waals surface area contributed by atoms with Crippen molar-refractivity contribution in [3.63, 3.8) is 0 Å². The van der Waals surface area contributed by atoms with Gasteiger partial charge in [-0.3, -0.25) is 4.79 Å². The summed E-state index contributed by atoms with van der Waals surface area (Å²) in [6, 6.07) is 10.2. The van der Waals surface area contributed by atoms with Crippen LogP contribution < -0.4 is 19.5 Å². The number of phenolic OH excluding ortho intramolecular Hbond substituents is 1. The summed E-state index contributed by atoms with van der Waals surface area (Å²) in [5.41, 5.74) is 1.28. The van der Waals surface area contributed by atoms with Crippen molar-refractivity contribution in [1.29, 1.82) is 0 Å². The van der Waals surface area contributed by atoms with Crippen molar-refractivity contribution in [2.24, 2.45) is 0 Å². The number of methoxy groups -OCH3 is 3. The van der Waals surface area contributed by atoms with Crippen LogP contribution in [0.1, 0.15) is 12.0 Å². The predicted molar refractivity (Wildman–Crippen MR) is 91.2 cm³/mol. The number of anilines is 1. The van der Waals surface area contributed by atoms with E-state index in [-0.39, 0.29) is 18.1 Å². The number of hydrogen-bond donors (Lipinski definition) is 2. The molecule has 0 aliphatic carbocycles. The summed E-state index contributed by atoms with van der Waals surface area (Å²) < 4.78 is 15.9. The minimum Gasteiger partial charge on any atom is -0.506 e. The van der Waals surface area contributed by atoms with Gasteiger partial charge in [-0.05, 0) is 36.2 Å². The van der Waals surface area contributed by atoms with E-state index in [4.69, 9.17) is 14.2 Å². The summed E-state index contributed by atoms with van der Waals surface area (Å²) in [6.07, 6.45) is 0.753. The summed E-state index contributed by atoms with van der Waals surface area (Å²) in [5, 5.41) is 12.4. The first kappa shape index (κ1) is 17.5.